The third kappa shape index (κ3) is 5.07. The zero-order valence-corrected chi connectivity index (χ0v) is 11.8. The number of rotatable bonds is 7. The van der Waals surface area contributed by atoms with Gasteiger partial charge in [-0.3, -0.25) is 0 Å². The molecule has 1 aromatic carbocycles. The minimum Gasteiger partial charge on any atom is -0.494 e. The van der Waals surface area contributed by atoms with Crippen LogP contribution >= 0.6 is 0 Å². The first-order chi connectivity index (χ1) is 9.21. The number of hydrogen-bond acceptors (Lipinski definition) is 3. The van der Waals surface area contributed by atoms with Crippen LogP contribution < -0.4 is 14.8 Å². The fourth-order valence-electron chi connectivity index (χ4n) is 1.60. The van der Waals surface area contributed by atoms with Crippen molar-refractivity contribution in [2.45, 2.75) is 20.8 Å². The molecule has 0 spiro atoms. The fraction of sp³-hybridized carbons (Fsp3) is 0.500. The normalized spacial score (nSPS) is 9.84. The first-order valence-electron chi connectivity index (χ1n) is 6.59. The van der Waals surface area contributed by atoms with E-state index in [-0.39, 0.29) is 12.8 Å². The summed E-state index contributed by atoms with van der Waals surface area (Å²) in [7, 11) is 0. The zero-order chi connectivity index (χ0) is 14.1. The molecule has 1 rings (SSSR count). The molecule has 19 heavy (non-hydrogen) atoms. The van der Waals surface area contributed by atoms with Crippen LogP contribution in [0.5, 0.6) is 11.5 Å². The van der Waals surface area contributed by atoms with Gasteiger partial charge in [0.1, 0.15) is 11.5 Å². The van der Waals surface area contributed by atoms with Crippen molar-refractivity contribution >= 4 is 6.03 Å². The third-order valence-corrected chi connectivity index (χ3v) is 2.65. The van der Waals surface area contributed by atoms with Crippen LogP contribution in [0.25, 0.3) is 0 Å². The van der Waals surface area contributed by atoms with Crippen LogP contribution in [0.15, 0.2) is 24.3 Å². The van der Waals surface area contributed by atoms with E-state index in [9.17, 15) is 4.79 Å². The Labute approximate surface area is 114 Å². The maximum absolute atomic E-state index is 11.6. The van der Waals surface area contributed by atoms with Crippen molar-refractivity contribution in [1.29, 1.82) is 0 Å². The van der Waals surface area contributed by atoms with Gasteiger partial charge >= 0.3 is 6.03 Å². The number of nitrogens with zero attached hydrogens (tertiary/aromatic N) is 1. The summed E-state index contributed by atoms with van der Waals surface area (Å²) in [6.45, 7) is 7.99. The second kappa shape index (κ2) is 8.24. The van der Waals surface area contributed by atoms with Crippen LogP contribution in [0.1, 0.15) is 20.8 Å². The van der Waals surface area contributed by atoms with Gasteiger partial charge in [-0.15, -0.1) is 0 Å². The summed E-state index contributed by atoms with van der Waals surface area (Å²) in [5.74, 6) is 1.50. The van der Waals surface area contributed by atoms with Gasteiger partial charge in [-0.05, 0) is 45.0 Å². The molecule has 1 N–H and O–H groups in total. The second-order valence-corrected chi connectivity index (χ2v) is 3.85. The Morgan fingerprint density at radius 1 is 1.05 bits per heavy atom. The molecule has 2 amide bonds. The predicted octanol–water partition coefficient (Wildman–Crippen LogP) is 2.47. The standard InChI is InChI=1S/C14H22N2O3/c1-4-16(5-2)14(17)15-11-19-13-9-7-12(8-10-13)18-6-3/h7-10H,4-6,11H2,1-3H3,(H,15,17). The van der Waals surface area contributed by atoms with Crippen molar-refractivity contribution in [3.05, 3.63) is 24.3 Å². The zero-order valence-electron chi connectivity index (χ0n) is 11.8. The summed E-state index contributed by atoms with van der Waals surface area (Å²) in [6.07, 6.45) is 0. The largest absolute Gasteiger partial charge is 0.494 e. The molecule has 0 fully saturated rings. The summed E-state index contributed by atoms with van der Waals surface area (Å²) in [5, 5.41) is 2.71. The van der Waals surface area contributed by atoms with E-state index in [1.165, 1.54) is 0 Å². The van der Waals surface area contributed by atoms with Gasteiger partial charge in [-0.2, -0.15) is 0 Å². The van der Waals surface area contributed by atoms with Crippen molar-refractivity contribution in [2.24, 2.45) is 0 Å². The molecule has 0 atom stereocenters. The molecule has 0 aliphatic heterocycles. The Morgan fingerprint density at radius 2 is 1.58 bits per heavy atom. The van der Waals surface area contributed by atoms with Crippen molar-refractivity contribution in [3.8, 4) is 11.5 Å². The number of amides is 2. The first kappa shape index (κ1) is 15.1. The van der Waals surface area contributed by atoms with E-state index in [0.29, 0.717) is 25.4 Å². The van der Waals surface area contributed by atoms with Gasteiger partial charge in [0.2, 0.25) is 0 Å². The van der Waals surface area contributed by atoms with E-state index in [0.717, 1.165) is 5.75 Å². The van der Waals surface area contributed by atoms with Crippen LogP contribution in [0.3, 0.4) is 0 Å². The number of ether oxygens (including phenoxy) is 2. The Morgan fingerprint density at radius 3 is 2.05 bits per heavy atom. The lowest BCUT2D eigenvalue weighted by molar-refractivity contribution is 0.189. The minimum absolute atomic E-state index is 0.115. The average molecular weight is 266 g/mol. The lowest BCUT2D eigenvalue weighted by Gasteiger charge is -2.19. The topological polar surface area (TPSA) is 50.8 Å². The van der Waals surface area contributed by atoms with Crippen molar-refractivity contribution in [3.63, 3.8) is 0 Å². The monoisotopic (exact) mass is 266 g/mol. The second-order valence-electron chi connectivity index (χ2n) is 3.85. The minimum atomic E-state index is -0.115. The number of urea groups is 1. The lowest BCUT2D eigenvalue weighted by Crippen LogP contribution is -2.41. The molecule has 0 heterocycles. The fourth-order valence-corrected chi connectivity index (χ4v) is 1.60. The highest BCUT2D eigenvalue weighted by molar-refractivity contribution is 5.73. The van der Waals surface area contributed by atoms with E-state index in [2.05, 4.69) is 5.32 Å². The third-order valence-electron chi connectivity index (χ3n) is 2.65. The molecule has 0 saturated carbocycles. The lowest BCUT2D eigenvalue weighted by atomic mass is 10.3. The van der Waals surface area contributed by atoms with Crippen LogP contribution in [0.4, 0.5) is 4.79 Å². The van der Waals surface area contributed by atoms with Gasteiger partial charge in [-0.25, -0.2) is 4.79 Å². The number of carbonyl (C=O) groups excluding carboxylic acids is 1. The molecule has 0 bridgehead atoms. The van der Waals surface area contributed by atoms with Crippen molar-refractivity contribution < 1.29 is 14.3 Å². The van der Waals surface area contributed by atoms with Crippen LogP contribution in [0.2, 0.25) is 0 Å². The predicted molar refractivity (Wildman–Crippen MR) is 74.6 cm³/mol. The van der Waals surface area contributed by atoms with Crippen molar-refractivity contribution in [2.75, 3.05) is 26.4 Å². The Hall–Kier alpha value is -1.91. The number of hydrogen-bond donors (Lipinski definition) is 1. The van der Waals surface area contributed by atoms with Gasteiger partial charge in [0, 0.05) is 13.1 Å². The molecule has 0 radical (unpaired) electrons. The van der Waals surface area contributed by atoms with Gasteiger partial charge < -0.3 is 19.7 Å². The molecule has 0 saturated heterocycles. The molecule has 0 aliphatic rings. The number of nitrogens with one attached hydrogen (secondary N) is 1. The van der Waals surface area contributed by atoms with E-state index in [4.69, 9.17) is 9.47 Å². The Balaban J connectivity index is 2.34. The van der Waals surface area contributed by atoms with E-state index >= 15 is 0 Å². The maximum Gasteiger partial charge on any atom is 0.319 e. The summed E-state index contributed by atoms with van der Waals surface area (Å²) < 4.78 is 10.8. The molecule has 1 aromatic rings. The SMILES string of the molecule is CCOc1ccc(OCNC(=O)N(CC)CC)cc1. The van der Waals surface area contributed by atoms with Gasteiger partial charge in [0.15, 0.2) is 6.73 Å². The highest BCUT2D eigenvalue weighted by Crippen LogP contribution is 2.17. The van der Waals surface area contributed by atoms with Gasteiger partial charge in [0.05, 0.1) is 6.61 Å². The molecule has 5 nitrogen and oxygen atoms in total. The molecular weight excluding hydrogens is 244 g/mol. The van der Waals surface area contributed by atoms with E-state index in [1.54, 1.807) is 4.90 Å². The molecule has 0 aromatic heterocycles. The summed E-state index contributed by atoms with van der Waals surface area (Å²) in [4.78, 5) is 13.3. The number of carbonyl (C=O) groups is 1. The molecule has 106 valence electrons. The van der Waals surface area contributed by atoms with E-state index in [1.807, 2.05) is 45.0 Å². The summed E-state index contributed by atoms with van der Waals surface area (Å²) in [5.41, 5.74) is 0. The molecule has 0 unspecified atom stereocenters. The maximum atomic E-state index is 11.6. The first-order valence-corrected chi connectivity index (χ1v) is 6.59. The Bertz CT molecular complexity index is 375. The van der Waals surface area contributed by atoms with Crippen LogP contribution in [-0.2, 0) is 0 Å². The van der Waals surface area contributed by atoms with Crippen LogP contribution in [-0.4, -0.2) is 37.4 Å². The smallest absolute Gasteiger partial charge is 0.319 e. The highest BCUT2D eigenvalue weighted by Gasteiger charge is 2.07. The van der Waals surface area contributed by atoms with E-state index < -0.39 is 0 Å². The Kier molecular flexibility index (Phi) is 6.57. The summed E-state index contributed by atoms with van der Waals surface area (Å²) >= 11 is 0. The van der Waals surface area contributed by atoms with Gasteiger partial charge in [-0.1, -0.05) is 0 Å². The number of benzene rings is 1. The highest BCUT2D eigenvalue weighted by atomic mass is 16.5. The molecular formula is C14H22N2O3. The average Bonchev–Trinajstić information content (AvgIpc) is 2.42. The quantitative estimate of drug-likeness (QED) is 0.771. The molecule has 5 heteroatoms. The van der Waals surface area contributed by atoms with Crippen molar-refractivity contribution in [1.82, 2.24) is 10.2 Å². The molecule has 0 aliphatic carbocycles. The summed E-state index contributed by atoms with van der Waals surface area (Å²) in [6, 6.07) is 7.19. The van der Waals surface area contributed by atoms with Gasteiger partial charge in [0.25, 0.3) is 0 Å². The van der Waals surface area contributed by atoms with Crippen LogP contribution in [0, 0.1) is 0 Å².